The van der Waals surface area contributed by atoms with E-state index in [1.165, 1.54) is 12.8 Å². The van der Waals surface area contributed by atoms with Gasteiger partial charge in [-0.25, -0.2) is 0 Å². The molecule has 1 fully saturated rings. The Labute approximate surface area is 126 Å². The van der Waals surface area contributed by atoms with Gasteiger partial charge in [0, 0.05) is 11.6 Å². The fraction of sp³-hybridized carbons (Fsp3) is 0.529. The molecule has 21 heavy (non-hydrogen) atoms. The Morgan fingerprint density at radius 1 is 1.05 bits per heavy atom. The molecule has 2 amide bonds. The molecule has 0 aromatic heterocycles. The smallest absolute Gasteiger partial charge is 0.251 e. The second-order valence-corrected chi connectivity index (χ2v) is 6.20. The van der Waals surface area contributed by atoms with Gasteiger partial charge >= 0.3 is 0 Å². The maximum absolute atomic E-state index is 12.4. The molecule has 0 heterocycles. The van der Waals surface area contributed by atoms with Gasteiger partial charge in [-0.05, 0) is 43.7 Å². The normalized spacial score (nSPS) is 17.1. The molecule has 0 saturated heterocycles. The van der Waals surface area contributed by atoms with Crippen LogP contribution in [0.2, 0.25) is 0 Å². The van der Waals surface area contributed by atoms with Crippen LogP contribution in [0.1, 0.15) is 44.0 Å². The van der Waals surface area contributed by atoms with Crippen LogP contribution in [-0.2, 0) is 4.79 Å². The zero-order valence-corrected chi connectivity index (χ0v) is 12.9. The van der Waals surface area contributed by atoms with Gasteiger partial charge in [-0.1, -0.05) is 32.0 Å². The SMILES string of the molecule is CC(C)C(NC(=O)c1ccccc1)C(=O)NC(C)C1CC1. The van der Waals surface area contributed by atoms with Gasteiger partial charge in [-0.15, -0.1) is 0 Å². The minimum atomic E-state index is -0.501. The average Bonchev–Trinajstić information content (AvgIpc) is 3.29. The van der Waals surface area contributed by atoms with Gasteiger partial charge in [0.2, 0.25) is 5.91 Å². The van der Waals surface area contributed by atoms with Crippen LogP contribution in [-0.4, -0.2) is 23.9 Å². The summed E-state index contributed by atoms with van der Waals surface area (Å²) < 4.78 is 0. The van der Waals surface area contributed by atoms with E-state index >= 15 is 0 Å². The number of nitrogens with one attached hydrogen (secondary N) is 2. The number of rotatable bonds is 6. The van der Waals surface area contributed by atoms with Crippen molar-refractivity contribution < 1.29 is 9.59 Å². The molecule has 4 heteroatoms. The van der Waals surface area contributed by atoms with Gasteiger partial charge in [0.25, 0.3) is 5.91 Å². The van der Waals surface area contributed by atoms with E-state index in [1.54, 1.807) is 12.1 Å². The molecule has 2 rings (SSSR count). The first kappa shape index (κ1) is 15.5. The van der Waals surface area contributed by atoms with Crippen LogP contribution in [0.25, 0.3) is 0 Å². The van der Waals surface area contributed by atoms with Crippen molar-refractivity contribution in [3.8, 4) is 0 Å². The fourth-order valence-electron chi connectivity index (χ4n) is 2.38. The Morgan fingerprint density at radius 3 is 2.19 bits per heavy atom. The summed E-state index contributed by atoms with van der Waals surface area (Å²) in [6.45, 7) is 5.92. The minimum absolute atomic E-state index is 0.0454. The van der Waals surface area contributed by atoms with Crippen molar-refractivity contribution in [3.05, 3.63) is 35.9 Å². The first-order valence-corrected chi connectivity index (χ1v) is 7.65. The molecule has 1 saturated carbocycles. The van der Waals surface area contributed by atoms with Gasteiger partial charge < -0.3 is 10.6 Å². The Balaban J connectivity index is 1.98. The lowest BCUT2D eigenvalue weighted by molar-refractivity contribution is -0.124. The van der Waals surface area contributed by atoms with Crippen molar-refractivity contribution in [2.45, 2.75) is 45.7 Å². The molecule has 2 N–H and O–H groups in total. The highest BCUT2D eigenvalue weighted by molar-refractivity contribution is 5.97. The van der Waals surface area contributed by atoms with Crippen molar-refractivity contribution in [1.29, 1.82) is 0 Å². The van der Waals surface area contributed by atoms with Crippen molar-refractivity contribution in [2.75, 3.05) is 0 Å². The number of carbonyl (C=O) groups is 2. The first-order valence-electron chi connectivity index (χ1n) is 7.65. The standard InChI is InChI=1S/C17H24N2O2/c1-11(2)15(17(21)18-12(3)13-9-10-13)19-16(20)14-7-5-4-6-8-14/h4-8,11-13,15H,9-10H2,1-3H3,(H,18,21)(H,19,20). The van der Waals surface area contributed by atoms with Gasteiger partial charge in [-0.2, -0.15) is 0 Å². The molecule has 0 radical (unpaired) electrons. The highest BCUT2D eigenvalue weighted by Crippen LogP contribution is 2.32. The first-order chi connectivity index (χ1) is 9.99. The van der Waals surface area contributed by atoms with E-state index in [2.05, 4.69) is 10.6 Å². The Morgan fingerprint density at radius 2 is 1.67 bits per heavy atom. The van der Waals surface area contributed by atoms with Gasteiger partial charge in [0.05, 0.1) is 0 Å². The summed E-state index contributed by atoms with van der Waals surface area (Å²) in [5.41, 5.74) is 0.575. The molecule has 1 aromatic rings. The number of amides is 2. The number of carbonyl (C=O) groups excluding carboxylic acids is 2. The molecule has 1 aliphatic rings. The maximum Gasteiger partial charge on any atom is 0.251 e. The van der Waals surface area contributed by atoms with Crippen LogP contribution in [0.5, 0.6) is 0 Å². The van der Waals surface area contributed by atoms with Crippen molar-refractivity contribution >= 4 is 11.8 Å². The van der Waals surface area contributed by atoms with Crippen molar-refractivity contribution in [2.24, 2.45) is 11.8 Å². The predicted molar refractivity (Wildman–Crippen MR) is 82.9 cm³/mol. The lowest BCUT2D eigenvalue weighted by Crippen LogP contribution is -2.52. The summed E-state index contributed by atoms with van der Waals surface area (Å²) in [6, 6.07) is 8.67. The van der Waals surface area contributed by atoms with Crippen LogP contribution in [0.4, 0.5) is 0 Å². The third kappa shape index (κ3) is 4.31. The maximum atomic E-state index is 12.4. The molecule has 0 aliphatic heterocycles. The summed E-state index contributed by atoms with van der Waals surface area (Å²) >= 11 is 0. The minimum Gasteiger partial charge on any atom is -0.352 e. The predicted octanol–water partition coefficient (Wildman–Crippen LogP) is 2.36. The molecule has 2 atom stereocenters. The lowest BCUT2D eigenvalue weighted by atomic mass is 10.0. The second-order valence-electron chi connectivity index (χ2n) is 6.20. The van der Waals surface area contributed by atoms with Crippen molar-refractivity contribution in [1.82, 2.24) is 10.6 Å². The van der Waals surface area contributed by atoms with E-state index in [-0.39, 0.29) is 23.8 Å². The lowest BCUT2D eigenvalue weighted by Gasteiger charge is -2.24. The van der Waals surface area contributed by atoms with Crippen LogP contribution in [0.15, 0.2) is 30.3 Å². The number of hydrogen-bond donors (Lipinski definition) is 2. The summed E-state index contributed by atoms with van der Waals surface area (Å²) in [6.07, 6.45) is 2.37. The molecule has 1 aliphatic carbocycles. The summed E-state index contributed by atoms with van der Waals surface area (Å²) in [5, 5.41) is 5.87. The van der Waals surface area contributed by atoms with E-state index in [0.29, 0.717) is 11.5 Å². The zero-order chi connectivity index (χ0) is 15.4. The number of benzene rings is 1. The van der Waals surface area contributed by atoms with Crippen LogP contribution in [0.3, 0.4) is 0 Å². The molecular formula is C17H24N2O2. The van der Waals surface area contributed by atoms with E-state index in [0.717, 1.165) is 0 Å². The third-order valence-electron chi connectivity index (χ3n) is 3.97. The topological polar surface area (TPSA) is 58.2 Å². The van der Waals surface area contributed by atoms with E-state index in [9.17, 15) is 9.59 Å². The highest BCUT2D eigenvalue weighted by Gasteiger charge is 2.32. The monoisotopic (exact) mass is 288 g/mol. The van der Waals surface area contributed by atoms with E-state index in [4.69, 9.17) is 0 Å². The van der Waals surface area contributed by atoms with Gasteiger partial charge in [0.15, 0.2) is 0 Å². The molecular weight excluding hydrogens is 264 g/mol. The fourth-order valence-corrected chi connectivity index (χ4v) is 2.38. The molecule has 2 unspecified atom stereocenters. The summed E-state index contributed by atoms with van der Waals surface area (Å²) in [7, 11) is 0. The average molecular weight is 288 g/mol. The largest absolute Gasteiger partial charge is 0.352 e. The van der Waals surface area contributed by atoms with E-state index in [1.807, 2.05) is 39.0 Å². The quantitative estimate of drug-likeness (QED) is 0.844. The van der Waals surface area contributed by atoms with Crippen LogP contribution in [0, 0.1) is 11.8 Å². The molecule has 114 valence electrons. The summed E-state index contributed by atoms with van der Waals surface area (Å²) in [4.78, 5) is 24.6. The molecule has 4 nitrogen and oxygen atoms in total. The van der Waals surface area contributed by atoms with Crippen molar-refractivity contribution in [3.63, 3.8) is 0 Å². The van der Waals surface area contributed by atoms with Gasteiger partial charge in [-0.3, -0.25) is 9.59 Å². The Bertz CT molecular complexity index is 495. The Kier molecular flexibility index (Phi) is 4.99. The molecule has 1 aromatic carbocycles. The zero-order valence-electron chi connectivity index (χ0n) is 12.9. The summed E-state index contributed by atoms with van der Waals surface area (Å²) in [5.74, 6) is 0.354. The number of hydrogen-bond acceptors (Lipinski definition) is 2. The van der Waals surface area contributed by atoms with Crippen LogP contribution >= 0.6 is 0 Å². The molecule has 0 bridgehead atoms. The van der Waals surface area contributed by atoms with Crippen LogP contribution < -0.4 is 10.6 Å². The van der Waals surface area contributed by atoms with Gasteiger partial charge in [0.1, 0.15) is 6.04 Å². The Hall–Kier alpha value is -1.84. The van der Waals surface area contributed by atoms with E-state index < -0.39 is 6.04 Å². The molecule has 0 spiro atoms. The highest BCUT2D eigenvalue weighted by atomic mass is 16.2. The third-order valence-corrected chi connectivity index (χ3v) is 3.97. The second kappa shape index (κ2) is 6.74.